The summed E-state index contributed by atoms with van der Waals surface area (Å²) in [6.07, 6.45) is 5.50. The third kappa shape index (κ3) is 6.74. The maximum atomic E-state index is 12.5. The highest BCUT2D eigenvalue weighted by atomic mass is 32.2. The van der Waals surface area contributed by atoms with Crippen LogP contribution in [0.3, 0.4) is 0 Å². The fourth-order valence-corrected chi connectivity index (χ4v) is 4.52. The van der Waals surface area contributed by atoms with Crippen LogP contribution in [0, 0.1) is 0 Å². The molecule has 0 spiro atoms. The second kappa shape index (κ2) is 11.6. The Morgan fingerprint density at radius 2 is 1.59 bits per heavy atom. The molecule has 2 aromatic carbocycles. The summed E-state index contributed by atoms with van der Waals surface area (Å²) in [5.41, 5.74) is 1.41. The van der Waals surface area contributed by atoms with Crippen LogP contribution < -0.4 is 9.47 Å². The largest absolute Gasteiger partial charge is 0.490 e. The maximum absolute atomic E-state index is 12.5. The number of aromatic carboxylic acids is 1. The lowest BCUT2D eigenvalue weighted by molar-refractivity contribution is 0.0696. The average molecular weight is 479 g/mol. The number of carbonyl (C=O) groups excluding carboxylic acids is 1. The number of amides is 1. The number of aryl methyl sites for hydroxylation is 1. The molecule has 0 aliphatic carbocycles. The molecule has 4 rings (SSSR count). The van der Waals surface area contributed by atoms with Gasteiger partial charge in [0.2, 0.25) is 0 Å². The summed E-state index contributed by atoms with van der Waals surface area (Å²) in [7, 11) is 0. The van der Waals surface area contributed by atoms with E-state index in [4.69, 9.17) is 14.6 Å². The predicted octanol–water partition coefficient (Wildman–Crippen LogP) is 5.16. The van der Waals surface area contributed by atoms with E-state index >= 15 is 0 Å². The highest BCUT2D eigenvalue weighted by Crippen LogP contribution is 2.22. The van der Waals surface area contributed by atoms with Gasteiger partial charge in [0.1, 0.15) is 17.6 Å². The van der Waals surface area contributed by atoms with Gasteiger partial charge in [0.05, 0.1) is 5.56 Å². The molecular weight excluding hydrogens is 452 g/mol. The van der Waals surface area contributed by atoms with E-state index in [2.05, 4.69) is 4.98 Å². The number of carbonyl (C=O) groups is 2. The first-order valence-corrected chi connectivity index (χ1v) is 12.1. The fraction of sp³-hybridized carbons (Fsp3) is 0.269. The zero-order valence-corrected chi connectivity index (χ0v) is 19.4. The normalized spacial score (nSPS) is 13.9. The number of benzene rings is 2. The molecule has 8 heteroatoms. The van der Waals surface area contributed by atoms with Crippen LogP contribution in [0.5, 0.6) is 11.5 Å². The minimum atomic E-state index is -0.965. The number of likely N-dealkylation sites (tertiary alicyclic amines) is 1. The summed E-state index contributed by atoms with van der Waals surface area (Å²) < 4.78 is 11.5. The van der Waals surface area contributed by atoms with Crippen molar-refractivity contribution in [3.05, 3.63) is 84.2 Å². The lowest BCUT2D eigenvalue weighted by atomic mass is 10.1. The number of carboxylic acid groups (broad SMARTS) is 1. The number of thioether (sulfide) groups is 1. The van der Waals surface area contributed by atoms with Crippen molar-refractivity contribution < 1.29 is 24.2 Å². The molecule has 0 atom stereocenters. The summed E-state index contributed by atoms with van der Waals surface area (Å²) >= 11 is 1.79. The van der Waals surface area contributed by atoms with Crippen LogP contribution in [0.2, 0.25) is 0 Å². The van der Waals surface area contributed by atoms with E-state index in [0.717, 1.165) is 12.2 Å². The first-order chi connectivity index (χ1) is 16.6. The number of hydrogen-bond acceptors (Lipinski definition) is 6. The van der Waals surface area contributed by atoms with Crippen LogP contribution in [0.1, 0.15) is 28.8 Å². The molecule has 1 amide bonds. The van der Waals surface area contributed by atoms with E-state index in [1.807, 2.05) is 36.4 Å². The van der Waals surface area contributed by atoms with E-state index in [1.165, 1.54) is 22.6 Å². The van der Waals surface area contributed by atoms with E-state index < -0.39 is 5.97 Å². The summed E-state index contributed by atoms with van der Waals surface area (Å²) in [5.74, 6) is 1.16. The fourth-order valence-electron chi connectivity index (χ4n) is 3.64. The molecule has 1 aliphatic heterocycles. The second-order valence-corrected chi connectivity index (χ2v) is 9.10. The van der Waals surface area contributed by atoms with Gasteiger partial charge < -0.3 is 19.5 Å². The van der Waals surface area contributed by atoms with Gasteiger partial charge in [-0.05, 0) is 60.5 Å². The molecule has 1 aliphatic rings. The Labute approximate surface area is 202 Å². The quantitative estimate of drug-likeness (QED) is 0.448. The number of piperidine rings is 1. The zero-order valence-electron chi connectivity index (χ0n) is 18.6. The van der Waals surface area contributed by atoms with Gasteiger partial charge in [0.15, 0.2) is 0 Å². The van der Waals surface area contributed by atoms with Gasteiger partial charge in [-0.1, -0.05) is 12.1 Å². The van der Waals surface area contributed by atoms with Crippen molar-refractivity contribution in [2.45, 2.75) is 30.3 Å². The summed E-state index contributed by atoms with van der Waals surface area (Å²) in [6, 6.07) is 18.0. The van der Waals surface area contributed by atoms with Crippen LogP contribution in [0.4, 0.5) is 4.79 Å². The molecule has 3 aromatic rings. The molecule has 0 saturated carbocycles. The Kier molecular flexibility index (Phi) is 8.04. The highest BCUT2D eigenvalue weighted by Gasteiger charge is 2.25. The molecule has 1 fully saturated rings. The molecule has 176 valence electrons. The van der Waals surface area contributed by atoms with Crippen LogP contribution in [-0.4, -0.2) is 52.0 Å². The number of pyridine rings is 1. The Balaban J connectivity index is 1.19. The third-order valence-corrected chi connectivity index (χ3v) is 6.56. The van der Waals surface area contributed by atoms with E-state index in [9.17, 15) is 9.59 Å². The van der Waals surface area contributed by atoms with Gasteiger partial charge in [-0.2, -0.15) is 0 Å². The molecule has 1 aromatic heterocycles. The summed E-state index contributed by atoms with van der Waals surface area (Å²) in [4.78, 5) is 30.4. The second-order valence-electron chi connectivity index (χ2n) is 7.93. The van der Waals surface area contributed by atoms with Gasteiger partial charge >= 0.3 is 12.1 Å². The van der Waals surface area contributed by atoms with Crippen molar-refractivity contribution in [3.63, 3.8) is 0 Å². The molecule has 7 nitrogen and oxygen atoms in total. The first kappa shape index (κ1) is 23.6. The first-order valence-electron chi connectivity index (χ1n) is 11.2. The lowest BCUT2D eigenvalue weighted by Crippen LogP contribution is -2.43. The minimum absolute atomic E-state index is 0.0240. The number of nitrogens with zero attached hydrogens (tertiary/aromatic N) is 2. The smallest absolute Gasteiger partial charge is 0.415 e. The molecule has 2 heterocycles. The van der Waals surface area contributed by atoms with Gasteiger partial charge in [0.25, 0.3) is 0 Å². The summed E-state index contributed by atoms with van der Waals surface area (Å²) in [6.45, 7) is 1.09. The Bertz CT molecular complexity index is 1080. The Hall–Kier alpha value is -3.52. The molecule has 0 radical (unpaired) electrons. The van der Waals surface area contributed by atoms with Crippen LogP contribution in [-0.2, 0) is 6.42 Å². The number of hydrogen-bond donors (Lipinski definition) is 1. The molecule has 0 bridgehead atoms. The van der Waals surface area contributed by atoms with Gasteiger partial charge in [0, 0.05) is 49.0 Å². The van der Waals surface area contributed by atoms with Crippen molar-refractivity contribution in [1.29, 1.82) is 0 Å². The third-order valence-electron chi connectivity index (χ3n) is 5.54. The predicted molar refractivity (Wildman–Crippen MR) is 130 cm³/mol. The number of aromatic nitrogens is 1. The van der Waals surface area contributed by atoms with E-state index in [0.29, 0.717) is 37.4 Å². The number of carboxylic acids is 1. The topological polar surface area (TPSA) is 89.0 Å². The van der Waals surface area contributed by atoms with Crippen LogP contribution >= 0.6 is 11.8 Å². The minimum Gasteiger partial charge on any atom is -0.490 e. The Morgan fingerprint density at radius 3 is 2.24 bits per heavy atom. The van der Waals surface area contributed by atoms with Crippen molar-refractivity contribution in [2.75, 3.05) is 18.8 Å². The monoisotopic (exact) mass is 478 g/mol. The Morgan fingerprint density at radius 1 is 0.941 bits per heavy atom. The van der Waals surface area contributed by atoms with Crippen molar-refractivity contribution in [1.82, 2.24) is 9.88 Å². The van der Waals surface area contributed by atoms with Crippen molar-refractivity contribution >= 4 is 23.8 Å². The lowest BCUT2D eigenvalue weighted by Gasteiger charge is -2.31. The zero-order chi connectivity index (χ0) is 23.8. The van der Waals surface area contributed by atoms with E-state index in [1.54, 1.807) is 41.2 Å². The van der Waals surface area contributed by atoms with Crippen LogP contribution in [0.15, 0.2) is 78.0 Å². The van der Waals surface area contributed by atoms with Gasteiger partial charge in [-0.3, -0.25) is 4.98 Å². The average Bonchev–Trinajstić information content (AvgIpc) is 2.86. The molecule has 0 unspecified atom stereocenters. The van der Waals surface area contributed by atoms with Gasteiger partial charge in [-0.15, -0.1) is 11.8 Å². The standard InChI is InChI=1S/C26H26N2O5S/c29-25(30)20-3-7-21(8-4-20)32-23-11-16-28(17-12-23)26(31)33-22-5-1-19(2-6-22)13-18-34-24-9-14-27-15-10-24/h1-10,14-15,23H,11-13,16-18H2,(H,29,30). The SMILES string of the molecule is O=C(O)c1ccc(OC2CCN(C(=O)Oc3ccc(CCSc4ccncc4)cc3)CC2)cc1. The summed E-state index contributed by atoms with van der Waals surface area (Å²) in [5, 5.41) is 8.98. The highest BCUT2D eigenvalue weighted by molar-refractivity contribution is 7.99. The van der Waals surface area contributed by atoms with Crippen molar-refractivity contribution in [3.8, 4) is 11.5 Å². The van der Waals surface area contributed by atoms with Gasteiger partial charge in [-0.25, -0.2) is 9.59 Å². The van der Waals surface area contributed by atoms with Crippen molar-refractivity contribution in [2.24, 2.45) is 0 Å². The van der Waals surface area contributed by atoms with E-state index in [-0.39, 0.29) is 17.8 Å². The number of ether oxygens (including phenoxy) is 2. The molecule has 34 heavy (non-hydrogen) atoms. The molecule has 1 saturated heterocycles. The number of rotatable bonds is 8. The maximum Gasteiger partial charge on any atom is 0.415 e. The van der Waals surface area contributed by atoms with Crippen LogP contribution in [0.25, 0.3) is 0 Å². The molecule has 1 N–H and O–H groups in total. The molecular formula is C26H26N2O5S.